The minimum atomic E-state index is -3.87. The topological polar surface area (TPSA) is 116 Å². The largest absolute Gasteiger partial charge is 0.484 e. The van der Waals surface area contributed by atoms with Gasteiger partial charge in [0, 0.05) is 11.3 Å². The summed E-state index contributed by atoms with van der Waals surface area (Å²) in [6, 6.07) is 9.06. The third-order valence-corrected chi connectivity index (χ3v) is 4.52. The van der Waals surface area contributed by atoms with Crippen molar-refractivity contribution in [2.75, 3.05) is 11.9 Å². The van der Waals surface area contributed by atoms with Gasteiger partial charge in [-0.3, -0.25) is 9.59 Å². The Kier molecular flexibility index (Phi) is 5.55. The molecule has 0 aromatic heterocycles. The van der Waals surface area contributed by atoms with Crippen molar-refractivity contribution in [1.29, 1.82) is 0 Å². The van der Waals surface area contributed by atoms with Crippen molar-refractivity contribution in [1.82, 2.24) is 0 Å². The van der Waals surface area contributed by atoms with Gasteiger partial charge >= 0.3 is 0 Å². The Morgan fingerprint density at radius 3 is 2.40 bits per heavy atom. The summed E-state index contributed by atoms with van der Waals surface area (Å²) in [5.74, 6) is -0.0135. The molecular weight excluding hydrogens is 344 g/mol. The Bertz CT molecular complexity index is 905. The number of amides is 1. The van der Waals surface area contributed by atoms with E-state index >= 15 is 0 Å². The monoisotopic (exact) mass is 362 g/mol. The third-order valence-electron chi connectivity index (χ3n) is 3.63. The molecule has 25 heavy (non-hydrogen) atoms. The molecule has 8 heteroatoms. The fourth-order valence-corrected chi connectivity index (χ4v) is 2.72. The zero-order valence-corrected chi connectivity index (χ0v) is 14.6. The first-order valence-corrected chi connectivity index (χ1v) is 8.87. The number of ether oxygens (including phenoxy) is 1. The van der Waals surface area contributed by atoms with E-state index in [9.17, 15) is 18.0 Å². The molecule has 0 bridgehead atoms. The third kappa shape index (κ3) is 4.88. The SMILES string of the molecule is Cc1cc(S(N)(=O)=O)cc(NC(=O)COc2ccc(C=O)cc2)c1C. The molecule has 0 radical (unpaired) electrons. The lowest BCUT2D eigenvalue weighted by Gasteiger charge is -2.13. The Hall–Kier alpha value is -2.71. The Labute approximate surface area is 145 Å². The number of hydrogen-bond acceptors (Lipinski definition) is 5. The second kappa shape index (κ2) is 7.45. The van der Waals surface area contributed by atoms with Crippen LogP contribution in [-0.4, -0.2) is 27.2 Å². The van der Waals surface area contributed by atoms with Crippen LogP contribution < -0.4 is 15.2 Å². The van der Waals surface area contributed by atoms with Crippen LogP contribution >= 0.6 is 0 Å². The summed E-state index contributed by atoms with van der Waals surface area (Å²) < 4.78 is 28.4. The number of aryl methyl sites for hydroxylation is 1. The highest BCUT2D eigenvalue weighted by Crippen LogP contribution is 2.23. The molecule has 0 saturated carbocycles. The number of sulfonamides is 1. The van der Waals surface area contributed by atoms with Gasteiger partial charge in [-0.2, -0.15) is 0 Å². The summed E-state index contributed by atoms with van der Waals surface area (Å²) >= 11 is 0. The highest BCUT2D eigenvalue weighted by atomic mass is 32.2. The molecule has 0 heterocycles. The fourth-order valence-electron chi connectivity index (χ4n) is 2.10. The van der Waals surface area contributed by atoms with E-state index in [1.807, 2.05) is 0 Å². The molecular formula is C17H18N2O5S. The number of nitrogens with two attached hydrogens (primary N) is 1. The van der Waals surface area contributed by atoms with Gasteiger partial charge in [0.15, 0.2) is 6.61 Å². The average molecular weight is 362 g/mol. The van der Waals surface area contributed by atoms with Crippen LogP contribution in [0.15, 0.2) is 41.3 Å². The molecule has 7 nitrogen and oxygen atoms in total. The van der Waals surface area contributed by atoms with Crippen molar-refractivity contribution in [3.63, 3.8) is 0 Å². The van der Waals surface area contributed by atoms with E-state index in [0.29, 0.717) is 28.8 Å². The van der Waals surface area contributed by atoms with Gasteiger partial charge in [0.2, 0.25) is 10.0 Å². The van der Waals surface area contributed by atoms with Gasteiger partial charge < -0.3 is 10.1 Å². The lowest BCUT2D eigenvalue weighted by molar-refractivity contribution is -0.118. The quantitative estimate of drug-likeness (QED) is 0.760. The number of carbonyl (C=O) groups excluding carboxylic acids is 2. The molecule has 0 saturated heterocycles. The summed E-state index contributed by atoms with van der Waals surface area (Å²) in [6.07, 6.45) is 0.708. The summed E-state index contributed by atoms with van der Waals surface area (Å²) in [6.45, 7) is 3.22. The number of benzene rings is 2. The number of hydrogen-bond donors (Lipinski definition) is 2. The van der Waals surface area contributed by atoms with Gasteiger partial charge in [0.05, 0.1) is 4.90 Å². The summed E-state index contributed by atoms with van der Waals surface area (Å²) in [5, 5.41) is 7.76. The molecule has 1 amide bonds. The standard InChI is InChI=1S/C17H18N2O5S/c1-11-7-15(25(18,22)23)8-16(12(11)2)19-17(21)10-24-14-5-3-13(9-20)4-6-14/h3-9H,10H2,1-2H3,(H,19,21)(H2,18,22,23). The molecule has 2 aromatic rings. The van der Waals surface area contributed by atoms with Crippen molar-refractivity contribution >= 4 is 27.9 Å². The maximum Gasteiger partial charge on any atom is 0.262 e. The number of carbonyl (C=O) groups is 2. The Morgan fingerprint density at radius 2 is 1.84 bits per heavy atom. The summed E-state index contributed by atoms with van der Waals surface area (Å²) in [5.41, 5.74) is 2.28. The molecule has 0 aliphatic heterocycles. The van der Waals surface area contributed by atoms with E-state index in [1.54, 1.807) is 38.1 Å². The highest BCUT2D eigenvalue weighted by molar-refractivity contribution is 7.89. The van der Waals surface area contributed by atoms with Crippen LogP contribution in [0.2, 0.25) is 0 Å². The molecule has 0 aliphatic carbocycles. The molecule has 132 valence electrons. The van der Waals surface area contributed by atoms with Crippen molar-refractivity contribution in [3.05, 3.63) is 53.1 Å². The minimum absolute atomic E-state index is 0.0729. The summed E-state index contributed by atoms with van der Waals surface area (Å²) in [4.78, 5) is 22.6. The van der Waals surface area contributed by atoms with Crippen LogP contribution in [0.1, 0.15) is 21.5 Å². The van der Waals surface area contributed by atoms with Gasteiger partial charge in [-0.1, -0.05) is 0 Å². The van der Waals surface area contributed by atoms with E-state index in [2.05, 4.69) is 5.32 Å². The maximum atomic E-state index is 12.1. The van der Waals surface area contributed by atoms with Crippen LogP contribution in [0.25, 0.3) is 0 Å². The van der Waals surface area contributed by atoms with Crippen molar-refractivity contribution in [2.24, 2.45) is 5.14 Å². The normalized spacial score (nSPS) is 11.0. The number of rotatable bonds is 6. The number of nitrogens with one attached hydrogen (secondary N) is 1. The summed E-state index contributed by atoms with van der Waals surface area (Å²) in [7, 11) is -3.87. The van der Waals surface area contributed by atoms with E-state index in [4.69, 9.17) is 9.88 Å². The second-order valence-corrected chi connectivity index (χ2v) is 7.04. The van der Waals surface area contributed by atoms with Gasteiger partial charge in [0.1, 0.15) is 12.0 Å². The molecule has 3 N–H and O–H groups in total. The predicted octanol–water partition coefficient (Wildman–Crippen LogP) is 1.78. The number of anilines is 1. The molecule has 2 aromatic carbocycles. The molecule has 0 unspecified atom stereocenters. The molecule has 0 aliphatic rings. The smallest absolute Gasteiger partial charge is 0.262 e. The van der Waals surface area contributed by atoms with E-state index in [-0.39, 0.29) is 11.5 Å². The zero-order chi connectivity index (χ0) is 18.6. The van der Waals surface area contributed by atoms with Gasteiger partial charge in [-0.25, -0.2) is 13.6 Å². The first-order chi connectivity index (χ1) is 11.7. The highest BCUT2D eigenvalue weighted by Gasteiger charge is 2.14. The fraction of sp³-hybridized carbons (Fsp3) is 0.176. The molecule has 2 rings (SSSR count). The molecule has 0 fully saturated rings. The van der Waals surface area contributed by atoms with Crippen molar-refractivity contribution in [2.45, 2.75) is 18.7 Å². The number of primary sulfonamides is 1. The van der Waals surface area contributed by atoms with Crippen LogP contribution in [0.3, 0.4) is 0 Å². The maximum absolute atomic E-state index is 12.1. The van der Waals surface area contributed by atoms with Gasteiger partial charge in [-0.15, -0.1) is 0 Å². The first kappa shape index (κ1) is 18.6. The van der Waals surface area contributed by atoms with E-state index in [0.717, 1.165) is 5.56 Å². The van der Waals surface area contributed by atoms with Crippen molar-refractivity contribution in [3.8, 4) is 5.75 Å². The van der Waals surface area contributed by atoms with Crippen molar-refractivity contribution < 1.29 is 22.7 Å². The van der Waals surface area contributed by atoms with Gasteiger partial charge in [0.25, 0.3) is 5.91 Å². The lowest BCUT2D eigenvalue weighted by Crippen LogP contribution is -2.21. The minimum Gasteiger partial charge on any atom is -0.484 e. The molecule has 0 spiro atoms. The van der Waals surface area contributed by atoms with E-state index < -0.39 is 15.9 Å². The number of aldehydes is 1. The molecule has 0 atom stereocenters. The van der Waals surface area contributed by atoms with Crippen LogP contribution in [0.4, 0.5) is 5.69 Å². The predicted molar refractivity (Wildman–Crippen MR) is 93.2 cm³/mol. The van der Waals surface area contributed by atoms with Gasteiger partial charge in [-0.05, 0) is 61.4 Å². The average Bonchev–Trinajstić information content (AvgIpc) is 2.56. The second-order valence-electron chi connectivity index (χ2n) is 5.48. The Morgan fingerprint density at radius 1 is 1.20 bits per heavy atom. The van der Waals surface area contributed by atoms with E-state index in [1.165, 1.54) is 12.1 Å². The first-order valence-electron chi connectivity index (χ1n) is 7.32. The zero-order valence-electron chi connectivity index (χ0n) is 13.8. The van der Waals surface area contributed by atoms with Crippen LogP contribution in [-0.2, 0) is 14.8 Å². The van der Waals surface area contributed by atoms with Crippen LogP contribution in [0, 0.1) is 13.8 Å². The Balaban J connectivity index is 2.09. The lowest BCUT2D eigenvalue weighted by atomic mass is 10.1. The van der Waals surface area contributed by atoms with Crippen LogP contribution in [0.5, 0.6) is 5.75 Å².